The average molecular weight is 335 g/mol. The second-order valence-corrected chi connectivity index (χ2v) is 3.46. The van der Waals surface area contributed by atoms with Gasteiger partial charge < -0.3 is 40.2 Å². The number of hydrogen-bond donors (Lipinski definition) is 4. The Hall–Kier alpha value is -1.92. The molecule has 0 unspecified atom stereocenters. The van der Waals surface area contributed by atoms with Crippen molar-refractivity contribution in [3.63, 3.8) is 0 Å². The number of carboxylic acid groups (broad SMARTS) is 5. The molecule has 0 fully saturated rings. The van der Waals surface area contributed by atoms with Crippen molar-refractivity contribution in [1.82, 2.24) is 0 Å². The SMILES string of the molecule is CC(=O)[O-].CC(=O)[O-].O=C(O)CC(O)(CC(=O)O)C(=O)O.[Mg+2]. The first-order valence-corrected chi connectivity index (χ1v) is 4.99. The van der Waals surface area contributed by atoms with Crippen LogP contribution in [0.15, 0.2) is 0 Å². The van der Waals surface area contributed by atoms with E-state index >= 15 is 0 Å². The Morgan fingerprint density at radius 2 is 1.00 bits per heavy atom. The molecule has 12 heteroatoms. The van der Waals surface area contributed by atoms with Crippen LogP contribution in [0.2, 0.25) is 0 Å². The minimum atomic E-state index is -2.74. The van der Waals surface area contributed by atoms with Gasteiger partial charge in [-0.05, 0) is 13.8 Å². The Labute approximate surface area is 140 Å². The summed E-state index contributed by atoms with van der Waals surface area (Å²) in [6, 6.07) is 0. The molecule has 0 rings (SSSR count). The van der Waals surface area contributed by atoms with Crippen LogP contribution in [-0.4, -0.2) is 78.9 Å². The van der Waals surface area contributed by atoms with E-state index in [1.54, 1.807) is 0 Å². The summed E-state index contributed by atoms with van der Waals surface area (Å²) < 4.78 is 0. The van der Waals surface area contributed by atoms with E-state index in [9.17, 15) is 14.4 Å². The van der Waals surface area contributed by atoms with Crippen molar-refractivity contribution in [3.8, 4) is 0 Å². The Morgan fingerprint density at radius 3 is 1.09 bits per heavy atom. The predicted octanol–water partition coefficient (Wildman–Crippen LogP) is -4.12. The number of carbonyl (C=O) groups excluding carboxylic acids is 2. The van der Waals surface area contributed by atoms with E-state index in [4.69, 9.17) is 40.2 Å². The van der Waals surface area contributed by atoms with E-state index in [2.05, 4.69) is 0 Å². The first-order chi connectivity index (χ1) is 9.24. The Morgan fingerprint density at radius 1 is 0.818 bits per heavy atom. The zero-order valence-corrected chi connectivity index (χ0v) is 13.2. The topological polar surface area (TPSA) is 212 Å². The van der Waals surface area contributed by atoms with Gasteiger partial charge in [-0.1, -0.05) is 0 Å². The van der Waals surface area contributed by atoms with Gasteiger partial charge in [0.25, 0.3) is 0 Å². The molecule has 0 amide bonds. The molecule has 0 aromatic rings. The molecule has 0 saturated carbocycles. The van der Waals surface area contributed by atoms with Crippen molar-refractivity contribution < 1.29 is 54.6 Å². The van der Waals surface area contributed by atoms with Crippen molar-refractivity contribution in [2.24, 2.45) is 0 Å². The Kier molecular flexibility index (Phi) is 18.0. The van der Waals surface area contributed by atoms with E-state index in [0.717, 1.165) is 13.8 Å². The van der Waals surface area contributed by atoms with Crippen LogP contribution < -0.4 is 10.2 Å². The van der Waals surface area contributed by atoms with Gasteiger partial charge in [-0.3, -0.25) is 9.59 Å². The van der Waals surface area contributed by atoms with Crippen molar-refractivity contribution in [1.29, 1.82) is 0 Å². The van der Waals surface area contributed by atoms with Gasteiger partial charge in [-0.2, -0.15) is 0 Å². The smallest absolute Gasteiger partial charge is 0.550 e. The molecule has 11 nitrogen and oxygen atoms in total. The van der Waals surface area contributed by atoms with Gasteiger partial charge in [0, 0.05) is 11.9 Å². The molecule has 0 saturated heterocycles. The van der Waals surface area contributed by atoms with Crippen LogP contribution in [0.25, 0.3) is 0 Å². The number of carbonyl (C=O) groups is 5. The number of hydrogen-bond acceptors (Lipinski definition) is 8. The molecular weight excluding hydrogens is 320 g/mol. The van der Waals surface area contributed by atoms with Gasteiger partial charge in [0.1, 0.15) is 0 Å². The van der Waals surface area contributed by atoms with Crippen LogP contribution in [-0.2, 0) is 24.0 Å². The van der Waals surface area contributed by atoms with Crippen LogP contribution in [0.3, 0.4) is 0 Å². The zero-order valence-electron chi connectivity index (χ0n) is 11.8. The summed E-state index contributed by atoms with van der Waals surface area (Å²) in [6.07, 6.45) is -2.29. The van der Waals surface area contributed by atoms with Crippen molar-refractivity contribution in [2.45, 2.75) is 32.3 Å². The summed E-state index contributed by atoms with van der Waals surface area (Å²) in [4.78, 5) is 48.3. The molecule has 0 bridgehead atoms. The number of carboxylic acids is 5. The van der Waals surface area contributed by atoms with Gasteiger partial charge in [0.15, 0.2) is 5.60 Å². The third-order valence-electron chi connectivity index (χ3n) is 1.29. The molecule has 122 valence electrons. The molecule has 0 aliphatic carbocycles. The molecule has 0 spiro atoms. The molecule has 0 heterocycles. The molecule has 0 aliphatic heterocycles. The van der Waals surface area contributed by atoms with Gasteiger partial charge in [0.2, 0.25) is 0 Å². The number of rotatable bonds is 5. The van der Waals surface area contributed by atoms with Gasteiger partial charge in [-0.15, -0.1) is 0 Å². The third kappa shape index (κ3) is 26.6. The molecular formula is C10H14MgO11. The third-order valence-corrected chi connectivity index (χ3v) is 1.29. The van der Waals surface area contributed by atoms with E-state index < -0.39 is 48.3 Å². The molecule has 4 N–H and O–H groups in total. The summed E-state index contributed by atoms with van der Waals surface area (Å²) >= 11 is 0. The van der Waals surface area contributed by atoms with Crippen molar-refractivity contribution in [2.75, 3.05) is 0 Å². The van der Waals surface area contributed by atoms with Crippen molar-refractivity contribution in [3.05, 3.63) is 0 Å². The zero-order chi connectivity index (χ0) is 17.8. The summed E-state index contributed by atoms with van der Waals surface area (Å²) in [5.41, 5.74) is -2.74. The summed E-state index contributed by atoms with van der Waals surface area (Å²) in [7, 11) is 0. The number of aliphatic carboxylic acids is 5. The number of aliphatic hydroxyl groups is 1. The van der Waals surface area contributed by atoms with Crippen LogP contribution in [0.1, 0.15) is 26.7 Å². The van der Waals surface area contributed by atoms with E-state index in [1.165, 1.54) is 0 Å². The van der Waals surface area contributed by atoms with Crippen LogP contribution in [0, 0.1) is 0 Å². The molecule has 0 aromatic carbocycles. The van der Waals surface area contributed by atoms with Gasteiger partial charge in [-0.25, -0.2) is 4.79 Å². The molecule has 22 heavy (non-hydrogen) atoms. The van der Waals surface area contributed by atoms with Crippen molar-refractivity contribution >= 4 is 52.9 Å². The summed E-state index contributed by atoms with van der Waals surface area (Å²) in [5, 5.41) is 51.6. The fraction of sp³-hybridized carbons (Fsp3) is 0.500. The molecule has 0 aromatic heterocycles. The van der Waals surface area contributed by atoms with Gasteiger partial charge in [0.05, 0.1) is 12.8 Å². The minimum Gasteiger partial charge on any atom is -0.550 e. The maximum atomic E-state index is 10.3. The first kappa shape index (κ1) is 28.3. The quantitative estimate of drug-likeness (QED) is 0.354. The van der Waals surface area contributed by atoms with E-state index in [-0.39, 0.29) is 23.1 Å². The van der Waals surface area contributed by atoms with E-state index in [1.807, 2.05) is 0 Å². The maximum absolute atomic E-state index is 10.3. The van der Waals surface area contributed by atoms with Crippen LogP contribution >= 0.6 is 0 Å². The van der Waals surface area contributed by atoms with E-state index in [0.29, 0.717) is 0 Å². The monoisotopic (exact) mass is 334 g/mol. The standard InChI is InChI=1S/C6H8O7.2C2H4O2.Mg/c7-3(8)1-6(13,5(11)12)2-4(9)10;2*1-2(3)4;/h13H,1-2H2,(H,7,8)(H,9,10)(H,11,12);2*1H3,(H,3,4);/q;;;+2/p-2. The van der Waals surface area contributed by atoms with Crippen LogP contribution in [0.5, 0.6) is 0 Å². The minimum absolute atomic E-state index is 0. The summed E-state index contributed by atoms with van der Waals surface area (Å²) in [5.74, 6) is -7.19. The normalized spacial score (nSPS) is 8.68. The molecule has 0 aliphatic rings. The largest absolute Gasteiger partial charge is 2.00 e. The Bertz CT molecular complexity index is 368. The maximum Gasteiger partial charge on any atom is 2.00 e. The van der Waals surface area contributed by atoms with Crippen LogP contribution in [0.4, 0.5) is 0 Å². The second-order valence-electron chi connectivity index (χ2n) is 3.46. The predicted molar refractivity (Wildman–Crippen MR) is 64.2 cm³/mol. The molecule has 0 radical (unpaired) electrons. The second kappa shape index (κ2) is 14.0. The fourth-order valence-electron chi connectivity index (χ4n) is 0.714. The fourth-order valence-corrected chi connectivity index (χ4v) is 0.714. The Balaban J connectivity index is -0.000000150. The first-order valence-electron chi connectivity index (χ1n) is 4.99. The summed E-state index contributed by atoms with van der Waals surface area (Å²) in [6.45, 7) is 1.94. The molecule has 0 atom stereocenters. The van der Waals surface area contributed by atoms with Gasteiger partial charge >= 0.3 is 41.0 Å². The average Bonchev–Trinajstić information content (AvgIpc) is 2.11.